The van der Waals surface area contributed by atoms with Crippen molar-refractivity contribution in [3.63, 3.8) is 0 Å². The second-order valence-electron chi connectivity index (χ2n) is 3.85. The zero-order valence-electron chi connectivity index (χ0n) is 11.1. The molecule has 1 aromatic carbocycles. The lowest BCUT2D eigenvalue weighted by Gasteiger charge is -2.06. The van der Waals surface area contributed by atoms with Crippen LogP contribution in [-0.4, -0.2) is 24.0 Å². The topological polar surface area (TPSA) is 95.7 Å². The van der Waals surface area contributed by atoms with E-state index in [9.17, 15) is 19.7 Å². The van der Waals surface area contributed by atoms with Gasteiger partial charge < -0.3 is 9.47 Å². The van der Waals surface area contributed by atoms with Gasteiger partial charge in [0.05, 0.1) is 24.0 Å². The van der Waals surface area contributed by atoms with Crippen LogP contribution in [0.1, 0.15) is 30.1 Å². The van der Waals surface area contributed by atoms with Crippen molar-refractivity contribution in [1.82, 2.24) is 0 Å². The first-order valence-electron chi connectivity index (χ1n) is 5.91. The lowest BCUT2D eigenvalue weighted by atomic mass is 10.2. The molecule has 0 saturated carbocycles. The van der Waals surface area contributed by atoms with Crippen molar-refractivity contribution in [3.8, 4) is 5.75 Å². The van der Waals surface area contributed by atoms with Gasteiger partial charge in [0, 0.05) is 6.07 Å². The summed E-state index contributed by atoms with van der Waals surface area (Å²) in [5, 5.41) is 10.9. The predicted octanol–water partition coefficient (Wildman–Crippen LogP) is 2.29. The lowest BCUT2D eigenvalue weighted by Crippen LogP contribution is -2.10. The highest BCUT2D eigenvalue weighted by Gasteiger charge is 2.21. The number of benzene rings is 1. The van der Waals surface area contributed by atoms with E-state index in [-0.39, 0.29) is 11.3 Å². The maximum atomic E-state index is 11.4. The quantitative estimate of drug-likeness (QED) is 0.343. The zero-order valence-corrected chi connectivity index (χ0v) is 11.1. The first-order chi connectivity index (χ1) is 9.49. The Morgan fingerprint density at radius 3 is 2.65 bits per heavy atom. The minimum absolute atomic E-state index is 0.0107. The summed E-state index contributed by atoms with van der Waals surface area (Å²) in [6.07, 6.45) is 2.59. The number of rotatable bonds is 6. The number of nitro benzene ring substituents is 1. The van der Waals surface area contributed by atoms with Crippen LogP contribution in [0.4, 0.5) is 5.69 Å². The molecule has 0 N–H and O–H groups in total. The number of esters is 2. The average Bonchev–Trinajstić information content (AvgIpc) is 2.44. The molecule has 1 rings (SSSR count). The number of carbonyl (C=O) groups is 2. The third kappa shape index (κ3) is 4.04. The van der Waals surface area contributed by atoms with Gasteiger partial charge in [0.25, 0.3) is 0 Å². The van der Waals surface area contributed by atoms with Gasteiger partial charge in [-0.05, 0) is 18.6 Å². The van der Waals surface area contributed by atoms with Crippen molar-refractivity contribution < 1.29 is 24.0 Å². The van der Waals surface area contributed by atoms with Crippen LogP contribution in [0, 0.1) is 16.5 Å². The molecule has 0 aliphatic carbocycles. The first-order valence-corrected chi connectivity index (χ1v) is 5.91. The summed E-state index contributed by atoms with van der Waals surface area (Å²) in [5.41, 5.74) is -0.456. The highest BCUT2D eigenvalue weighted by Crippen LogP contribution is 2.28. The smallest absolute Gasteiger partial charge is 0.338 e. The number of nitrogens with zero attached hydrogens (tertiary/aromatic N) is 1. The molecule has 0 aliphatic rings. The van der Waals surface area contributed by atoms with E-state index in [1.54, 1.807) is 0 Å². The highest BCUT2D eigenvalue weighted by atomic mass is 16.6. The van der Waals surface area contributed by atoms with E-state index in [1.807, 2.05) is 6.92 Å². The van der Waals surface area contributed by atoms with E-state index in [0.29, 0.717) is 6.42 Å². The van der Waals surface area contributed by atoms with Crippen LogP contribution in [0.15, 0.2) is 18.2 Å². The summed E-state index contributed by atoms with van der Waals surface area (Å²) in [7, 11) is 1.17. The number of carbonyl (C=O) groups excluding carboxylic acids is 2. The summed E-state index contributed by atoms with van der Waals surface area (Å²) >= 11 is 0. The number of nitro groups is 1. The maximum absolute atomic E-state index is 11.4. The van der Waals surface area contributed by atoms with Gasteiger partial charge in [-0.3, -0.25) is 14.9 Å². The van der Waals surface area contributed by atoms with E-state index in [4.69, 9.17) is 4.74 Å². The van der Waals surface area contributed by atoms with E-state index >= 15 is 0 Å². The Balaban J connectivity index is 2.99. The lowest BCUT2D eigenvalue weighted by molar-refractivity contribution is -0.385. The van der Waals surface area contributed by atoms with E-state index < -0.39 is 22.5 Å². The normalized spacial score (nSPS) is 9.90. The molecule has 0 bridgehead atoms. The fourth-order valence-corrected chi connectivity index (χ4v) is 1.40. The van der Waals surface area contributed by atoms with Crippen molar-refractivity contribution >= 4 is 17.6 Å². The van der Waals surface area contributed by atoms with Crippen LogP contribution in [0.25, 0.3) is 0 Å². The minimum Gasteiger partial charge on any atom is -0.465 e. The van der Waals surface area contributed by atoms with Gasteiger partial charge in [-0.15, -0.1) is 0 Å². The Hall–Kier alpha value is -2.44. The molecule has 0 saturated heterocycles. The van der Waals surface area contributed by atoms with E-state index in [1.165, 1.54) is 25.7 Å². The molecule has 0 amide bonds. The molecular formula is C13H14NO6. The number of hydrogen-bond donors (Lipinski definition) is 0. The summed E-state index contributed by atoms with van der Waals surface area (Å²) in [6, 6.07) is 3.50. The molecule has 0 spiro atoms. The third-order valence-corrected chi connectivity index (χ3v) is 2.39. The molecular weight excluding hydrogens is 266 g/mol. The Morgan fingerprint density at radius 2 is 2.10 bits per heavy atom. The Morgan fingerprint density at radius 1 is 1.40 bits per heavy atom. The van der Waals surface area contributed by atoms with Gasteiger partial charge in [0.15, 0.2) is 0 Å². The first kappa shape index (κ1) is 15.6. The molecule has 0 unspecified atom stereocenters. The van der Waals surface area contributed by atoms with Gasteiger partial charge in [0.2, 0.25) is 5.75 Å². The standard InChI is InChI=1S/C13H14NO6/c1-3-4-5-12(15)20-11-7-6-9(13(16)19-2)8-10(11)14(17)18/h5-8H,3-4H2,1-2H3. The van der Waals surface area contributed by atoms with Crippen LogP contribution < -0.4 is 4.74 Å². The molecule has 0 fully saturated rings. The number of ether oxygens (including phenoxy) is 2. The van der Waals surface area contributed by atoms with Crippen LogP contribution in [0.3, 0.4) is 0 Å². The molecule has 107 valence electrons. The number of methoxy groups -OCH3 is 1. The molecule has 1 radical (unpaired) electrons. The Kier molecular flexibility index (Phi) is 5.64. The average molecular weight is 280 g/mol. The van der Waals surface area contributed by atoms with Crippen molar-refractivity contribution in [2.75, 3.05) is 7.11 Å². The number of unbranched alkanes of at least 4 members (excludes halogenated alkanes) is 1. The van der Waals surface area contributed by atoms with E-state index in [2.05, 4.69) is 4.74 Å². The molecule has 0 aromatic heterocycles. The molecule has 7 nitrogen and oxygen atoms in total. The fourth-order valence-electron chi connectivity index (χ4n) is 1.40. The Labute approximate surface area is 115 Å². The monoisotopic (exact) mass is 280 g/mol. The van der Waals surface area contributed by atoms with Gasteiger partial charge in [-0.25, -0.2) is 4.79 Å². The number of hydrogen-bond acceptors (Lipinski definition) is 6. The summed E-state index contributed by atoms with van der Waals surface area (Å²) in [4.78, 5) is 32.9. The molecule has 0 aliphatic heterocycles. The van der Waals surface area contributed by atoms with Crippen LogP contribution in [0.2, 0.25) is 0 Å². The summed E-state index contributed by atoms with van der Waals surface area (Å²) in [5.74, 6) is -1.58. The molecule has 7 heteroatoms. The van der Waals surface area contributed by atoms with E-state index in [0.717, 1.165) is 12.5 Å². The van der Waals surface area contributed by atoms with Crippen LogP contribution >= 0.6 is 0 Å². The third-order valence-electron chi connectivity index (χ3n) is 2.39. The zero-order chi connectivity index (χ0) is 15.1. The fraction of sp³-hybridized carbons (Fsp3) is 0.308. The summed E-state index contributed by atoms with van der Waals surface area (Å²) < 4.78 is 9.36. The Bertz CT molecular complexity index is 526. The molecule has 20 heavy (non-hydrogen) atoms. The SMILES string of the molecule is CCC[CH]C(=O)Oc1ccc(C(=O)OC)cc1[N+](=O)[O-]. The van der Waals surface area contributed by atoms with Crippen LogP contribution in [-0.2, 0) is 9.53 Å². The minimum atomic E-state index is -0.727. The van der Waals surface area contributed by atoms with Crippen molar-refractivity contribution in [2.24, 2.45) is 0 Å². The summed E-state index contributed by atoms with van der Waals surface area (Å²) in [6.45, 7) is 1.89. The highest BCUT2D eigenvalue weighted by molar-refractivity contribution is 5.91. The second-order valence-corrected chi connectivity index (χ2v) is 3.85. The van der Waals surface area contributed by atoms with Gasteiger partial charge >= 0.3 is 17.6 Å². The van der Waals surface area contributed by atoms with Crippen LogP contribution in [0.5, 0.6) is 5.75 Å². The molecule has 0 atom stereocenters. The largest absolute Gasteiger partial charge is 0.465 e. The molecule has 1 aromatic rings. The van der Waals surface area contributed by atoms with Crippen molar-refractivity contribution in [1.29, 1.82) is 0 Å². The maximum Gasteiger partial charge on any atom is 0.338 e. The van der Waals surface area contributed by atoms with Crippen molar-refractivity contribution in [2.45, 2.75) is 19.8 Å². The van der Waals surface area contributed by atoms with Gasteiger partial charge in [0.1, 0.15) is 0 Å². The predicted molar refractivity (Wildman–Crippen MR) is 69.3 cm³/mol. The van der Waals surface area contributed by atoms with Gasteiger partial charge in [-0.1, -0.05) is 13.3 Å². The van der Waals surface area contributed by atoms with Crippen molar-refractivity contribution in [3.05, 3.63) is 40.3 Å². The van der Waals surface area contributed by atoms with Gasteiger partial charge in [-0.2, -0.15) is 0 Å². The molecule has 0 heterocycles. The second kappa shape index (κ2) is 7.22.